The lowest BCUT2D eigenvalue weighted by Gasteiger charge is -1.97. The Morgan fingerprint density at radius 2 is 1.36 bits per heavy atom. The lowest BCUT2D eigenvalue weighted by Crippen LogP contribution is -1.88. The van der Waals surface area contributed by atoms with Gasteiger partial charge in [-0.3, -0.25) is 4.40 Å². The third kappa shape index (κ3) is 3.71. The Hall–Kier alpha value is -2.69. The molecule has 5 nitrogen and oxygen atoms in total. The fourth-order valence-corrected chi connectivity index (χ4v) is 2.55. The molecule has 0 bridgehead atoms. The van der Waals surface area contributed by atoms with Crippen molar-refractivity contribution in [1.82, 2.24) is 23.8 Å². The van der Waals surface area contributed by atoms with E-state index in [1.54, 1.807) is 6.20 Å². The summed E-state index contributed by atoms with van der Waals surface area (Å²) in [5.41, 5.74) is 6.86. The molecule has 0 aliphatic rings. The van der Waals surface area contributed by atoms with E-state index in [9.17, 15) is 0 Å². The molecule has 0 atom stereocenters. The number of fused-ring (bicyclic) bond motifs is 2. The van der Waals surface area contributed by atoms with Crippen LogP contribution in [0.5, 0.6) is 0 Å². The van der Waals surface area contributed by atoms with Crippen LogP contribution in [0.2, 0.25) is 0 Å². The van der Waals surface area contributed by atoms with Crippen LogP contribution >= 0.6 is 0 Å². The highest BCUT2D eigenvalue weighted by molar-refractivity contribution is 5.49. The van der Waals surface area contributed by atoms with Gasteiger partial charge in [0, 0.05) is 30.0 Å². The van der Waals surface area contributed by atoms with Crippen molar-refractivity contribution in [2.75, 3.05) is 0 Å². The predicted octanol–water partition coefficient (Wildman–Crippen LogP) is 4.63. The Balaban J connectivity index is 0.000000165. The van der Waals surface area contributed by atoms with Crippen molar-refractivity contribution >= 4 is 11.4 Å². The number of aromatic nitrogens is 5. The topological polar surface area (TPSA) is 47.5 Å². The fourth-order valence-electron chi connectivity index (χ4n) is 2.55. The van der Waals surface area contributed by atoms with Crippen LogP contribution < -0.4 is 0 Å². The summed E-state index contributed by atoms with van der Waals surface area (Å²) in [7, 11) is 0. The molecule has 0 unspecified atom stereocenters. The van der Waals surface area contributed by atoms with Crippen molar-refractivity contribution in [2.45, 2.75) is 48.5 Å². The van der Waals surface area contributed by atoms with Crippen LogP contribution in [0.4, 0.5) is 0 Å². The molecule has 0 N–H and O–H groups in total. The minimum absolute atomic E-state index is 0.780. The zero-order valence-corrected chi connectivity index (χ0v) is 16.2. The molecule has 4 heterocycles. The maximum absolute atomic E-state index is 4.48. The number of nitrogens with zero attached hydrogens (tertiary/aromatic N) is 5. The Labute approximate surface area is 149 Å². The van der Waals surface area contributed by atoms with Gasteiger partial charge in [-0.1, -0.05) is 19.9 Å². The quantitative estimate of drug-likeness (QED) is 0.470. The van der Waals surface area contributed by atoms with Crippen LogP contribution in [-0.2, 0) is 0 Å². The summed E-state index contributed by atoms with van der Waals surface area (Å²) in [6, 6.07) is 6.04. The highest BCUT2D eigenvalue weighted by Crippen LogP contribution is 2.13. The third-order valence-corrected chi connectivity index (χ3v) is 4.20. The first kappa shape index (κ1) is 18.6. The van der Waals surface area contributed by atoms with Crippen molar-refractivity contribution in [3.8, 4) is 0 Å². The Kier molecular flexibility index (Phi) is 5.91. The number of imidazole rings is 2. The van der Waals surface area contributed by atoms with Crippen LogP contribution in [0, 0.1) is 34.6 Å². The number of rotatable bonds is 0. The third-order valence-electron chi connectivity index (χ3n) is 4.20. The molecule has 0 saturated carbocycles. The van der Waals surface area contributed by atoms with Gasteiger partial charge in [-0.2, -0.15) is 0 Å². The minimum atomic E-state index is 0.780. The molecule has 4 aromatic rings. The van der Waals surface area contributed by atoms with Crippen molar-refractivity contribution in [3.05, 3.63) is 65.1 Å². The smallest absolute Gasteiger partial charge is 0.234 e. The zero-order chi connectivity index (χ0) is 18.6. The molecule has 0 spiro atoms. The second-order valence-corrected chi connectivity index (χ2v) is 5.74. The number of hydrogen-bond donors (Lipinski definition) is 0. The Bertz CT molecular complexity index is 979. The lowest BCUT2D eigenvalue weighted by atomic mass is 10.3. The van der Waals surface area contributed by atoms with Gasteiger partial charge in [-0.25, -0.2) is 15.0 Å². The molecule has 0 saturated heterocycles. The molecule has 4 aromatic heterocycles. The number of hydrogen-bond acceptors (Lipinski definition) is 3. The van der Waals surface area contributed by atoms with Crippen molar-refractivity contribution in [1.29, 1.82) is 0 Å². The second-order valence-electron chi connectivity index (χ2n) is 5.74. The standard InChI is InChI=1S/C10H12N2.C8H9N3.C2H6/c1-7-5-4-6-12-9(3)8(2)11-10(7)12;1-6-7(2)11-5-3-4-9-8(11)10-6;1-2/h4-6H,1-3H3;3-5H,1-2H3;1-2H3. The van der Waals surface area contributed by atoms with Crippen molar-refractivity contribution in [3.63, 3.8) is 0 Å². The highest BCUT2D eigenvalue weighted by Gasteiger charge is 2.04. The van der Waals surface area contributed by atoms with Gasteiger partial charge in [0.1, 0.15) is 5.65 Å². The van der Waals surface area contributed by atoms with E-state index in [2.05, 4.69) is 51.5 Å². The van der Waals surface area contributed by atoms with Gasteiger partial charge < -0.3 is 4.40 Å². The molecule has 0 amide bonds. The summed E-state index contributed by atoms with van der Waals surface area (Å²) in [4.78, 5) is 12.9. The summed E-state index contributed by atoms with van der Waals surface area (Å²) < 4.78 is 4.11. The number of aryl methyl sites for hydroxylation is 5. The van der Waals surface area contributed by atoms with E-state index in [0.717, 1.165) is 28.5 Å². The molecular formula is C20H27N5. The molecule has 0 fully saturated rings. The van der Waals surface area contributed by atoms with E-state index in [1.807, 2.05) is 51.3 Å². The summed E-state index contributed by atoms with van der Waals surface area (Å²) in [6.07, 6.45) is 5.77. The highest BCUT2D eigenvalue weighted by atomic mass is 15.1. The van der Waals surface area contributed by atoms with Gasteiger partial charge in [0.25, 0.3) is 0 Å². The first-order chi connectivity index (χ1) is 12.0. The average molecular weight is 337 g/mol. The monoisotopic (exact) mass is 337 g/mol. The molecule has 132 valence electrons. The van der Waals surface area contributed by atoms with E-state index in [0.29, 0.717) is 0 Å². The first-order valence-electron chi connectivity index (χ1n) is 8.66. The molecule has 25 heavy (non-hydrogen) atoms. The van der Waals surface area contributed by atoms with Gasteiger partial charge in [0.2, 0.25) is 5.78 Å². The number of pyridine rings is 1. The van der Waals surface area contributed by atoms with Gasteiger partial charge in [-0.05, 0) is 52.3 Å². The summed E-state index contributed by atoms with van der Waals surface area (Å²) >= 11 is 0. The molecular weight excluding hydrogens is 310 g/mol. The molecule has 0 radical (unpaired) electrons. The van der Waals surface area contributed by atoms with Gasteiger partial charge >= 0.3 is 0 Å². The van der Waals surface area contributed by atoms with Gasteiger partial charge in [-0.15, -0.1) is 0 Å². The van der Waals surface area contributed by atoms with Crippen LogP contribution in [0.15, 0.2) is 36.8 Å². The van der Waals surface area contributed by atoms with E-state index >= 15 is 0 Å². The first-order valence-corrected chi connectivity index (χ1v) is 8.66. The van der Waals surface area contributed by atoms with Crippen molar-refractivity contribution in [2.24, 2.45) is 0 Å². The Morgan fingerprint density at radius 1 is 0.760 bits per heavy atom. The largest absolute Gasteiger partial charge is 0.304 e. The van der Waals surface area contributed by atoms with Crippen LogP contribution in [0.1, 0.15) is 42.2 Å². The molecule has 0 aromatic carbocycles. The second kappa shape index (κ2) is 7.92. The normalized spacial score (nSPS) is 10.2. The maximum Gasteiger partial charge on any atom is 0.234 e. The predicted molar refractivity (Wildman–Crippen MR) is 103 cm³/mol. The van der Waals surface area contributed by atoms with E-state index in [4.69, 9.17) is 0 Å². The van der Waals surface area contributed by atoms with Crippen molar-refractivity contribution < 1.29 is 0 Å². The zero-order valence-electron chi connectivity index (χ0n) is 16.2. The molecule has 4 rings (SSSR count). The van der Waals surface area contributed by atoms with E-state index in [1.165, 1.54) is 11.3 Å². The summed E-state index contributed by atoms with van der Waals surface area (Å²) in [6.45, 7) is 14.2. The van der Waals surface area contributed by atoms with Gasteiger partial charge in [0.15, 0.2) is 0 Å². The average Bonchev–Trinajstić information content (AvgIpc) is 3.09. The van der Waals surface area contributed by atoms with Gasteiger partial charge in [0.05, 0.1) is 11.4 Å². The van der Waals surface area contributed by atoms with Crippen LogP contribution in [0.25, 0.3) is 11.4 Å². The molecule has 0 aliphatic heterocycles. The van der Waals surface area contributed by atoms with Crippen LogP contribution in [-0.4, -0.2) is 23.8 Å². The molecule has 0 aliphatic carbocycles. The maximum atomic E-state index is 4.48. The van der Waals surface area contributed by atoms with E-state index < -0.39 is 0 Å². The summed E-state index contributed by atoms with van der Waals surface area (Å²) in [5.74, 6) is 0.780. The van der Waals surface area contributed by atoms with Crippen LogP contribution in [0.3, 0.4) is 0 Å². The summed E-state index contributed by atoms with van der Waals surface area (Å²) in [5, 5.41) is 0. The lowest BCUT2D eigenvalue weighted by molar-refractivity contribution is 1.06. The minimum Gasteiger partial charge on any atom is -0.304 e. The van der Waals surface area contributed by atoms with E-state index in [-0.39, 0.29) is 0 Å². The molecule has 5 heteroatoms. The Morgan fingerprint density at radius 3 is 2.00 bits per heavy atom. The SMILES string of the molecule is CC.Cc1nc2c(C)cccn2c1C.Cc1nc2ncccn2c1C. The fraction of sp³-hybridized carbons (Fsp3) is 0.350.